The van der Waals surface area contributed by atoms with Gasteiger partial charge in [-0.1, -0.05) is 24.3 Å². The first kappa shape index (κ1) is 22.4. The van der Waals surface area contributed by atoms with Crippen LogP contribution in [-0.2, 0) is 6.18 Å². The molecule has 0 saturated carbocycles. The van der Waals surface area contributed by atoms with E-state index in [1.807, 2.05) is 40.1 Å². The number of carbonyl (C=O) groups is 1. The second kappa shape index (κ2) is 9.36. The summed E-state index contributed by atoms with van der Waals surface area (Å²) in [5.41, 5.74) is 1.04. The van der Waals surface area contributed by atoms with Crippen molar-refractivity contribution in [1.82, 2.24) is 10.3 Å². The van der Waals surface area contributed by atoms with E-state index >= 15 is 0 Å². The maximum atomic E-state index is 13.1. The van der Waals surface area contributed by atoms with Gasteiger partial charge in [0.1, 0.15) is 5.82 Å². The normalized spacial score (nSPS) is 14.2. The Hall–Kier alpha value is -3.80. The molecule has 1 amide bonds. The summed E-state index contributed by atoms with van der Waals surface area (Å²) < 4.78 is 39.2. The number of rotatable bonds is 5. The number of pyridine rings is 1. The molecular weight excluding hydrogens is 431 g/mol. The van der Waals surface area contributed by atoms with Crippen molar-refractivity contribution in [2.45, 2.75) is 12.6 Å². The number of amides is 1. The fraction of sp³-hybridized carbons (Fsp3) is 0.292. The van der Waals surface area contributed by atoms with Crippen LogP contribution in [0.4, 0.5) is 24.7 Å². The molecule has 0 bridgehead atoms. The number of nitriles is 1. The first-order valence-corrected chi connectivity index (χ1v) is 10.6. The summed E-state index contributed by atoms with van der Waals surface area (Å²) in [5, 5.41) is 12.2. The molecule has 9 heteroatoms. The second-order valence-corrected chi connectivity index (χ2v) is 7.73. The van der Waals surface area contributed by atoms with Crippen LogP contribution in [-0.4, -0.2) is 43.6 Å². The quantitative estimate of drug-likeness (QED) is 0.586. The molecule has 4 rings (SSSR count). The fourth-order valence-corrected chi connectivity index (χ4v) is 3.91. The predicted molar refractivity (Wildman–Crippen MR) is 120 cm³/mol. The van der Waals surface area contributed by atoms with Crippen LogP contribution in [0.2, 0.25) is 0 Å². The van der Waals surface area contributed by atoms with Crippen molar-refractivity contribution >= 4 is 28.3 Å². The molecular formula is C24H22F3N5O. The van der Waals surface area contributed by atoms with Gasteiger partial charge in [-0.25, -0.2) is 4.98 Å². The molecule has 33 heavy (non-hydrogen) atoms. The SMILES string of the molecule is N#CCCNC(=O)c1cc(N2CCN(c3cccc(C(F)(F)F)c3)CC2)nc2ccccc12. The molecule has 0 spiro atoms. The maximum absolute atomic E-state index is 13.1. The van der Waals surface area contributed by atoms with Crippen molar-refractivity contribution in [2.75, 3.05) is 42.5 Å². The lowest BCUT2D eigenvalue weighted by Crippen LogP contribution is -2.47. The number of aromatic nitrogens is 1. The van der Waals surface area contributed by atoms with E-state index in [9.17, 15) is 18.0 Å². The third kappa shape index (κ3) is 5.00. The Morgan fingerprint density at radius 1 is 1.03 bits per heavy atom. The van der Waals surface area contributed by atoms with Crippen LogP contribution >= 0.6 is 0 Å². The number of anilines is 2. The van der Waals surface area contributed by atoms with Crippen LogP contribution in [0.1, 0.15) is 22.3 Å². The number of carbonyl (C=O) groups excluding carboxylic acids is 1. The highest BCUT2D eigenvalue weighted by Gasteiger charge is 2.31. The van der Waals surface area contributed by atoms with Crippen LogP contribution in [0.15, 0.2) is 54.6 Å². The number of hydrogen-bond acceptors (Lipinski definition) is 5. The van der Waals surface area contributed by atoms with Crippen LogP contribution in [0.5, 0.6) is 0 Å². The Labute approximate surface area is 189 Å². The molecule has 170 valence electrons. The largest absolute Gasteiger partial charge is 0.416 e. The van der Waals surface area contributed by atoms with Crippen molar-refractivity contribution in [3.8, 4) is 6.07 Å². The van der Waals surface area contributed by atoms with E-state index in [4.69, 9.17) is 10.2 Å². The predicted octanol–water partition coefficient (Wildman–Crippen LogP) is 4.22. The second-order valence-electron chi connectivity index (χ2n) is 7.73. The monoisotopic (exact) mass is 453 g/mol. The number of para-hydroxylation sites is 1. The third-order valence-corrected chi connectivity index (χ3v) is 5.61. The van der Waals surface area contributed by atoms with Gasteiger partial charge in [-0.05, 0) is 30.3 Å². The number of nitrogens with one attached hydrogen (secondary N) is 1. The summed E-state index contributed by atoms with van der Waals surface area (Å²) in [5.74, 6) is 0.371. The van der Waals surface area contributed by atoms with E-state index in [-0.39, 0.29) is 18.9 Å². The molecule has 0 radical (unpaired) electrons. The fourth-order valence-electron chi connectivity index (χ4n) is 3.91. The van der Waals surface area contributed by atoms with E-state index in [1.54, 1.807) is 12.1 Å². The lowest BCUT2D eigenvalue weighted by Gasteiger charge is -2.37. The Bertz CT molecular complexity index is 1200. The first-order chi connectivity index (χ1) is 15.9. The van der Waals surface area contributed by atoms with Crippen LogP contribution in [0, 0.1) is 11.3 Å². The molecule has 6 nitrogen and oxygen atoms in total. The minimum Gasteiger partial charge on any atom is -0.368 e. The van der Waals surface area contributed by atoms with E-state index in [2.05, 4.69) is 5.32 Å². The average Bonchev–Trinajstić information content (AvgIpc) is 2.83. The Morgan fingerprint density at radius 2 is 1.76 bits per heavy atom. The van der Waals surface area contributed by atoms with Gasteiger partial charge >= 0.3 is 6.18 Å². The van der Waals surface area contributed by atoms with E-state index in [0.717, 1.165) is 11.5 Å². The molecule has 0 atom stereocenters. The summed E-state index contributed by atoms with van der Waals surface area (Å²) in [6, 6.07) is 16.4. The topological polar surface area (TPSA) is 72.3 Å². The highest BCUT2D eigenvalue weighted by atomic mass is 19.4. The number of hydrogen-bond donors (Lipinski definition) is 1. The molecule has 1 aromatic heterocycles. The summed E-state index contributed by atoms with van der Waals surface area (Å²) >= 11 is 0. The molecule has 0 unspecified atom stereocenters. The summed E-state index contributed by atoms with van der Waals surface area (Å²) in [6.07, 6.45) is -4.16. The third-order valence-electron chi connectivity index (χ3n) is 5.61. The van der Waals surface area contributed by atoms with Gasteiger partial charge in [-0.3, -0.25) is 4.79 Å². The highest BCUT2D eigenvalue weighted by molar-refractivity contribution is 6.07. The lowest BCUT2D eigenvalue weighted by atomic mass is 10.1. The van der Waals surface area contributed by atoms with Crippen LogP contribution < -0.4 is 15.1 Å². The molecule has 1 fully saturated rings. The minimum absolute atomic E-state index is 0.221. The number of piperazine rings is 1. The molecule has 1 N–H and O–H groups in total. The zero-order valence-corrected chi connectivity index (χ0v) is 17.8. The van der Waals surface area contributed by atoms with Gasteiger partial charge in [0.15, 0.2) is 0 Å². The Kier molecular flexibility index (Phi) is 6.36. The van der Waals surface area contributed by atoms with Crippen molar-refractivity contribution in [3.63, 3.8) is 0 Å². The lowest BCUT2D eigenvalue weighted by molar-refractivity contribution is -0.137. The zero-order chi connectivity index (χ0) is 23.4. The standard InChI is InChI=1S/C24H22F3N5O/c25-24(26,27)17-5-3-6-18(15-17)31-11-13-32(14-12-31)22-16-20(23(33)29-10-4-9-28)19-7-1-2-8-21(19)30-22/h1-3,5-8,15-16H,4,10-14H2,(H,29,33). The van der Waals surface area contributed by atoms with E-state index in [0.29, 0.717) is 48.8 Å². The summed E-state index contributed by atoms with van der Waals surface area (Å²) in [4.78, 5) is 21.4. The van der Waals surface area contributed by atoms with Crippen molar-refractivity contribution in [3.05, 3.63) is 65.7 Å². The number of alkyl halides is 3. The number of fused-ring (bicyclic) bond motifs is 1. The van der Waals surface area contributed by atoms with Gasteiger partial charge in [0.2, 0.25) is 0 Å². The Morgan fingerprint density at radius 3 is 2.48 bits per heavy atom. The van der Waals surface area contributed by atoms with Gasteiger partial charge in [-0.15, -0.1) is 0 Å². The van der Waals surface area contributed by atoms with Gasteiger partial charge in [0.05, 0.1) is 29.1 Å². The zero-order valence-electron chi connectivity index (χ0n) is 17.8. The smallest absolute Gasteiger partial charge is 0.368 e. The van der Waals surface area contributed by atoms with Crippen LogP contribution in [0.3, 0.4) is 0 Å². The van der Waals surface area contributed by atoms with Crippen molar-refractivity contribution < 1.29 is 18.0 Å². The molecule has 0 aliphatic carbocycles. The van der Waals surface area contributed by atoms with Crippen molar-refractivity contribution in [1.29, 1.82) is 5.26 Å². The van der Waals surface area contributed by atoms with Gasteiger partial charge in [-0.2, -0.15) is 18.4 Å². The number of halogens is 3. The highest BCUT2D eigenvalue weighted by Crippen LogP contribution is 2.32. The van der Waals surface area contributed by atoms with E-state index < -0.39 is 11.7 Å². The van der Waals surface area contributed by atoms with Gasteiger partial charge in [0, 0.05) is 43.8 Å². The molecule has 1 aliphatic rings. The molecule has 1 aliphatic heterocycles. The average molecular weight is 453 g/mol. The molecule has 1 saturated heterocycles. The molecule has 2 heterocycles. The van der Waals surface area contributed by atoms with E-state index in [1.165, 1.54) is 12.1 Å². The van der Waals surface area contributed by atoms with Crippen LogP contribution in [0.25, 0.3) is 10.9 Å². The first-order valence-electron chi connectivity index (χ1n) is 10.6. The number of nitrogens with zero attached hydrogens (tertiary/aromatic N) is 4. The minimum atomic E-state index is -4.38. The number of benzene rings is 2. The molecule has 3 aromatic rings. The summed E-state index contributed by atoms with van der Waals surface area (Å²) in [7, 11) is 0. The maximum Gasteiger partial charge on any atom is 0.416 e. The summed E-state index contributed by atoms with van der Waals surface area (Å²) in [6.45, 7) is 2.42. The molecule has 2 aromatic carbocycles. The van der Waals surface area contributed by atoms with Crippen molar-refractivity contribution in [2.24, 2.45) is 0 Å². The Balaban J connectivity index is 1.54. The van der Waals surface area contributed by atoms with Gasteiger partial charge in [0.25, 0.3) is 5.91 Å². The van der Waals surface area contributed by atoms with Gasteiger partial charge < -0.3 is 15.1 Å².